The van der Waals surface area contributed by atoms with Crippen molar-refractivity contribution in [2.45, 2.75) is 50.3 Å². The fourth-order valence-corrected chi connectivity index (χ4v) is 7.53. The van der Waals surface area contributed by atoms with Gasteiger partial charge in [-0.1, -0.05) is 66.7 Å². The van der Waals surface area contributed by atoms with Crippen molar-refractivity contribution in [1.29, 1.82) is 0 Å². The first-order valence-corrected chi connectivity index (χ1v) is 16.0. The average Bonchev–Trinajstić information content (AvgIpc) is 3.69. The minimum atomic E-state index is -4.33. The van der Waals surface area contributed by atoms with Crippen LogP contribution in [0.3, 0.4) is 0 Å². The lowest BCUT2D eigenvalue weighted by molar-refractivity contribution is -0.149. The molecule has 236 valence electrons. The maximum absolute atomic E-state index is 14.8. The first-order chi connectivity index (χ1) is 21.7. The summed E-state index contributed by atoms with van der Waals surface area (Å²) in [7, 11) is -4.33. The van der Waals surface area contributed by atoms with Crippen molar-refractivity contribution in [2.75, 3.05) is 13.2 Å². The highest BCUT2D eigenvalue weighted by atomic mass is 31.2. The van der Waals surface area contributed by atoms with Gasteiger partial charge in [0, 0.05) is 18.4 Å². The molecule has 0 saturated carbocycles. The van der Waals surface area contributed by atoms with Crippen molar-refractivity contribution in [3.05, 3.63) is 111 Å². The number of nitrogens with zero attached hydrogens (tertiary/aromatic N) is 2. The van der Waals surface area contributed by atoms with E-state index in [2.05, 4.69) is 0 Å². The highest BCUT2D eigenvalue weighted by molar-refractivity contribution is 7.51. The number of carbonyl (C=O) groups is 1. The molecule has 2 aliphatic rings. The topological polar surface area (TPSA) is 149 Å². The number of fused-ring (bicyclic) bond motifs is 1. The zero-order valence-electron chi connectivity index (χ0n) is 24.0. The lowest BCUT2D eigenvalue weighted by Gasteiger charge is -2.31. The molecule has 2 aliphatic heterocycles. The zero-order valence-corrected chi connectivity index (χ0v) is 24.9. The molecular weight excluding hydrogens is 608 g/mol. The first kappa shape index (κ1) is 30.9. The number of aromatic amines is 1. The van der Waals surface area contributed by atoms with Crippen molar-refractivity contribution in [3.8, 4) is 5.75 Å². The van der Waals surface area contributed by atoms with E-state index in [4.69, 9.17) is 18.5 Å². The van der Waals surface area contributed by atoms with Crippen molar-refractivity contribution < 1.29 is 37.4 Å². The highest BCUT2D eigenvalue weighted by Crippen LogP contribution is 2.56. The summed E-state index contributed by atoms with van der Waals surface area (Å²) in [5, 5.41) is 12.2. The number of hydrogen-bond donors (Lipinski definition) is 2. The summed E-state index contributed by atoms with van der Waals surface area (Å²) in [5.41, 5.74) is -1.30. The molecule has 12 nitrogen and oxygen atoms in total. The van der Waals surface area contributed by atoms with Crippen LogP contribution in [-0.2, 0) is 30.0 Å². The molecule has 3 heterocycles. The van der Waals surface area contributed by atoms with Gasteiger partial charge in [0.25, 0.3) is 5.56 Å². The zero-order chi connectivity index (χ0) is 31.6. The number of hydrogen-bond acceptors (Lipinski definition) is 9. The van der Waals surface area contributed by atoms with Crippen molar-refractivity contribution in [2.24, 2.45) is 0 Å². The number of aliphatic hydroxyl groups is 1. The largest absolute Gasteiger partial charge is 0.462 e. The third kappa shape index (κ3) is 6.63. The van der Waals surface area contributed by atoms with Gasteiger partial charge >= 0.3 is 19.4 Å². The summed E-state index contributed by atoms with van der Waals surface area (Å²) in [6.45, 7) is -0.216. The lowest BCUT2D eigenvalue weighted by Crippen LogP contribution is -2.38. The van der Waals surface area contributed by atoms with Crippen LogP contribution in [0.5, 0.6) is 5.75 Å². The molecule has 1 aromatic heterocycles. The van der Waals surface area contributed by atoms with Crippen LogP contribution in [0.15, 0.2) is 88.6 Å². The summed E-state index contributed by atoms with van der Waals surface area (Å²) >= 11 is 0. The molecule has 2 unspecified atom stereocenters. The number of nitrogens with one attached hydrogen (secondary N) is 1. The molecule has 5 atom stereocenters. The highest BCUT2D eigenvalue weighted by Gasteiger charge is 2.48. The average molecular weight is 640 g/mol. The van der Waals surface area contributed by atoms with E-state index < -0.39 is 61.9 Å². The number of esters is 1. The maximum Gasteiger partial charge on any atom is 0.462 e. The van der Waals surface area contributed by atoms with E-state index in [0.717, 1.165) is 15.5 Å². The lowest BCUT2D eigenvalue weighted by atomic mass is 10.1. The van der Waals surface area contributed by atoms with Crippen LogP contribution < -0.4 is 15.8 Å². The molecule has 14 heteroatoms. The van der Waals surface area contributed by atoms with E-state index >= 15 is 0 Å². The molecule has 2 N–H and O–H groups in total. The van der Waals surface area contributed by atoms with Crippen LogP contribution in [0.4, 0.5) is 4.39 Å². The van der Waals surface area contributed by atoms with Gasteiger partial charge in [-0.25, -0.2) is 9.36 Å². The summed E-state index contributed by atoms with van der Waals surface area (Å²) in [6, 6.07) is 20.8. The van der Waals surface area contributed by atoms with Gasteiger partial charge in [-0.15, -0.1) is 0 Å². The molecule has 0 radical (unpaired) electrons. The number of ether oxygens (including phenoxy) is 2. The van der Waals surface area contributed by atoms with E-state index in [-0.39, 0.29) is 25.3 Å². The number of benzene rings is 3. The Kier molecular flexibility index (Phi) is 8.97. The Morgan fingerprint density at radius 2 is 1.82 bits per heavy atom. The fourth-order valence-electron chi connectivity index (χ4n) is 5.54. The van der Waals surface area contributed by atoms with E-state index in [1.807, 2.05) is 59.6 Å². The minimum absolute atomic E-state index is 0.0353. The second-order valence-electron chi connectivity index (χ2n) is 10.8. The molecule has 2 fully saturated rings. The Bertz CT molecular complexity index is 1840. The van der Waals surface area contributed by atoms with E-state index in [1.54, 1.807) is 18.2 Å². The van der Waals surface area contributed by atoms with Crippen molar-refractivity contribution >= 4 is 24.5 Å². The van der Waals surface area contributed by atoms with Crippen LogP contribution in [-0.4, -0.2) is 56.7 Å². The van der Waals surface area contributed by atoms with E-state index in [1.165, 1.54) is 4.67 Å². The van der Waals surface area contributed by atoms with Crippen LogP contribution in [0.1, 0.15) is 31.1 Å². The number of aliphatic hydroxyl groups excluding tert-OH is 1. The summed E-state index contributed by atoms with van der Waals surface area (Å²) < 4.78 is 54.4. The maximum atomic E-state index is 14.8. The first-order valence-electron chi connectivity index (χ1n) is 14.5. The van der Waals surface area contributed by atoms with Gasteiger partial charge in [-0.05, 0) is 29.9 Å². The molecular formula is C31H31FN3O9P. The van der Waals surface area contributed by atoms with Crippen molar-refractivity contribution in [3.63, 3.8) is 0 Å². The third-order valence-electron chi connectivity index (χ3n) is 7.84. The van der Waals surface area contributed by atoms with Gasteiger partial charge in [-0.3, -0.25) is 23.7 Å². The summed E-state index contributed by atoms with van der Waals surface area (Å²) in [4.78, 5) is 38.9. The Hall–Kier alpha value is -4.13. The fraction of sp³-hybridized carbons (Fsp3) is 0.323. The predicted octanol–water partition coefficient (Wildman–Crippen LogP) is 3.89. The minimum Gasteiger partial charge on any atom is -0.460 e. The van der Waals surface area contributed by atoms with Crippen LogP contribution in [0.2, 0.25) is 0 Å². The molecule has 45 heavy (non-hydrogen) atoms. The van der Waals surface area contributed by atoms with Crippen LogP contribution in [0, 0.1) is 5.82 Å². The monoisotopic (exact) mass is 639 g/mol. The molecule has 6 rings (SSSR count). The molecule has 0 bridgehead atoms. The number of carbonyl (C=O) groups excluding carboxylic acids is 1. The SMILES string of the molecule is O=C(OCc1ccccc1)C1CCCN1P(=O)(OC[C@H]1O[C@@H](n2cc(F)c(=O)[nH]c2=O)C[C@H]1O)Oc1cccc2ccccc12. The van der Waals surface area contributed by atoms with Gasteiger partial charge in [0.15, 0.2) is 0 Å². The molecule has 4 aromatic rings. The Morgan fingerprint density at radius 3 is 2.64 bits per heavy atom. The standard InChI is InChI=1S/C31H31FN3O9P/c32-23-17-34(31(39)33-29(23)37)28-16-25(36)27(43-28)19-42-45(40,44-26-14-6-11-21-10-4-5-12-22(21)26)35-15-7-13-24(35)30(38)41-18-20-8-2-1-3-9-20/h1-6,8-12,14,17,24-25,27-28,36H,7,13,15-16,18-19H2,(H,33,37,39)/t24?,25-,27-,28-,45?/m1/s1. The molecule has 3 aromatic carbocycles. The summed E-state index contributed by atoms with van der Waals surface area (Å²) in [6.07, 6.45) is -2.00. The molecule has 0 aliphatic carbocycles. The Labute approximate surface area is 256 Å². The van der Waals surface area contributed by atoms with Crippen molar-refractivity contribution in [1.82, 2.24) is 14.2 Å². The second-order valence-corrected chi connectivity index (χ2v) is 12.7. The number of aromatic nitrogens is 2. The molecule has 0 spiro atoms. The van der Waals surface area contributed by atoms with Gasteiger partial charge < -0.3 is 19.1 Å². The van der Waals surface area contributed by atoms with Gasteiger partial charge in [0.05, 0.1) is 18.9 Å². The van der Waals surface area contributed by atoms with Gasteiger partial charge in [0.1, 0.15) is 30.7 Å². The van der Waals surface area contributed by atoms with Crippen LogP contribution >= 0.6 is 7.75 Å². The third-order valence-corrected chi connectivity index (χ3v) is 9.85. The van der Waals surface area contributed by atoms with Gasteiger partial charge in [0.2, 0.25) is 5.82 Å². The normalized spacial score (nSPS) is 23.2. The number of H-pyrrole nitrogens is 1. The molecule has 2 saturated heterocycles. The van der Waals surface area contributed by atoms with Crippen LogP contribution in [0.25, 0.3) is 10.8 Å². The smallest absolute Gasteiger partial charge is 0.460 e. The molecule has 0 amide bonds. The van der Waals surface area contributed by atoms with Gasteiger partial charge in [-0.2, -0.15) is 9.06 Å². The quantitative estimate of drug-likeness (QED) is 0.193. The van der Waals surface area contributed by atoms with E-state index in [0.29, 0.717) is 24.4 Å². The number of rotatable bonds is 10. The Balaban J connectivity index is 1.25. The number of halogens is 1. The van der Waals surface area contributed by atoms with E-state index in [9.17, 15) is 28.4 Å². The second kappa shape index (κ2) is 13.1. The Morgan fingerprint density at radius 1 is 1.07 bits per heavy atom. The summed E-state index contributed by atoms with van der Waals surface area (Å²) in [5.74, 6) is -1.52. The predicted molar refractivity (Wildman–Crippen MR) is 160 cm³/mol.